The first-order chi connectivity index (χ1) is 20.7. The Morgan fingerprint density at radius 1 is 1.05 bits per heavy atom. The van der Waals surface area contributed by atoms with Crippen LogP contribution in [0.2, 0.25) is 15.1 Å². The highest BCUT2D eigenvalue weighted by atomic mass is 35.5. The number of aromatic carboxylic acids is 1. The normalized spacial score (nSPS) is 18.0. The minimum atomic E-state index is -1.02. The van der Waals surface area contributed by atoms with Crippen LogP contribution in [0.5, 0.6) is 5.75 Å². The maximum atomic E-state index is 11.7. The minimum absolute atomic E-state index is 0.0405. The summed E-state index contributed by atoms with van der Waals surface area (Å²) in [6, 6.07) is 17.2. The van der Waals surface area contributed by atoms with Crippen LogP contribution < -0.4 is 4.74 Å². The van der Waals surface area contributed by atoms with E-state index in [9.17, 15) is 9.90 Å². The molecule has 7 nitrogen and oxygen atoms in total. The maximum Gasteiger partial charge on any atom is 0.357 e. The van der Waals surface area contributed by atoms with Crippen molar-refractivity contribution in [2.24, 2.45) is 0 Å². The van der Waals surface area contributed by atoms with Gasteiger partial charge in [0.25, 0.3) is 0 Å². The molecular formula is C33H28Cl3N3O4. The van der Waals surface area contributed by atoms with Crippen LogP contribution >= 0.6 is 34.8 Å². The summed E-state index contributed by atoms with van der Waals surface area (Å²) in [6.07, 6.45) is 3.06. The number of carboxylic acids is 1. The van der Waals surface area contributed by atoms with E-state index in [0.29, 0.717) is 49.3 Å². The standard InChI is InChI=1S/C33H28Cl3N3O4/c1-16(2)39-28-12-18(8-10-21(28)31(37-39)33(40)41)22-14-23(22)20-11-9-19(13-27(20)36)42-15-24-30(38-43-32(24)17-6-7-17)29-25(34)4-3-5-26(29)35/h3-5,8-13,16-17,22-23H,6-7,14-15H2,1-2H3,(H,40,41)/t22-,23-/m1/s1. The van der Waals surface area contributed by atoms with Gasteiger partial charge in [-0.3, -0.25) is 4.68 Å². The maximum absolute atomic E-state index is 11.7. The number of carbonyl (C=O) groups is 1. The molecule has 3 aromatic carbocycles. The first-order valence-corrected chi connectivity index (χ1v) is 15.4. The number of fused-ring (bicyclic) bond motifs is 1. The minimum Gasteiger partial charge on any atom is -0.489 e. The summed E-state index contributed by atoms with van der Waals surface area (Å²) in [5.74, 6) is 1.33. The van der Waals surface area contributed by atoms with Crippen molar-refractivity contribution in [1.82, 2.24) is 14.9 Å². The molecule has 0 unspecified atom stereocenters. The molecule has 0 aliphatic heterocycles. The van der Waals surface area contributed by atoms with Crippen LogP contribution in [0.4, 0.5) is 0 Å². The highest BCUT2D eigenvalue weighted by molar-refractivity contribution is 6.39. The Hall–Kier alpha value is -3.52. The lowest BCUT2D eigenvalue weighted by molar-refractivity contribution is 0.0691. The van der Waals surface area contributed by atoms with Crippen molar-refractivity contribution in [3.63, 3.8) is 0 Å². The molecule has 10 heteroatoms. The van der Waals surface area contributed by atoms with Crippen molar-refractivity contribution in [1.29, 1.82) is 0 Å². The quantitative estimate of drug-likeness (QED) is 0.173. The van der Waals surface area contributed by atoms with Crippen LogP contribution in [0.25, 0.3) is 22.2 Å². The van der Waals surface area contributed by atoms with Gasteiger partial charge in [0, 0.05) is 27.9 Å². The lowest BCUT2D eigenvalue weighted by atomic mass is 10.0. The molecule has 2 aromatic heterocycles. The zero-order valence-electron chi connectivity index (χ0n) is 23.5. The lowest BCUT2D eigenvalue weighted by Gasteiger charge is -2.11. The van der Waals surface area contributed by atoms with Gasteiger partial charge in [-0.1, -0.05) is 64.2 Å². The fourth-order valence-corrected chi connectivity index (χ4v) is 6.83. The summed E-state index contributed by atoms with van der Waals surface area (Å²) < 4.78 is 13.8. The Morgan fingerprint density at radius 2 is 1.81 bits per heavy atom. The van der Waals surface area contributed by atoms with Crippen molar-refractivity contribution in [2.45, 2.75) is 63.5 Å². The van der Waals surface area contributed by atoms with Crippen LogP contribution in [-0.2, 0) is 6.61 Å². The number of hydrogen-bond acceptors (Lipinski definition) is 5. The zero-order valence-corrected chi connectivity index (χ0v) is 25.7. The van der Waals surface area contributed by atoms with Crippen molar-refractivity contribution >= 4 is 51.7 Å². The van der Waals surface area contributed by atoms with Gasteiger partial charge >= 0.3 is 5.97 Å². The Labute approximate surface area is 263 Å². The van der Waals surface area contributed by atoms with E-state index in [2.05, 4.69) is 16.3 Å². The van der Waals surface area contributed by atoms with Gasteiger partial charge in [0.15, 0.2) is 5.69 Å². The predicted molar refractivity (Wildman–Crippen MR) is 167 cm³/mol. The molecule has 2 saturated carbocycles. The summed E-state index contributed by atoms with van der Waals surface area (Å²) >= 11 is 19.8. The number of halogens is 3. The molecule has 0 spiro atoms. The topological polar surface area (TPSA) is 90.4 Å². The van der Waals surface area contributed by atoms with E-state index in [1.165, 1.54) is 0 Å². The summed E-state index contributed by atoms with van der Waals surface area (Å²) in [6.45, 7) is 4.24. The van der Waals surface area contributed by atoms with E-state index in [1.54, 1.807) is 22.9 Å². The number of carboxylic acid groups (broad SMARTS) is 1. The van der Waals surface area contributed by atoms with Crippen LogP contribution in [0.15, 0.2) is 59.1 Å². The van der Waals surface area contributed by atoms with E-state index < -0.39 is 5.97 Å². The Balaban J connectivity index is 1.11. The molecule has 1 N–H and O–H groups in total. The average Bonchev–Trinajstić information content (AvgIpc) is 3.89. The third kappa shape index (κ3) is 5.17. The van der Waals surface area contributed by atoms with E-state index in [1.807, 2.05) is 44.2 Å². The van der Waals surface area contributed by atoms with Gasteiger partial charge in [-0.15, -0.1) is 0 Å². The van der Waals surface area contributed by atoms with Gasteiger partial charge < -0.3 is 14.4 Å². The van der Waals surface area contributed by atoms with E-state index in [0.717, 1.165) is 47.2 Å². The monoisotopic (exact) mass is 635 g/mol. The largest absolute Gasteiger partial charge is 0.489 e. The van der Waals surface area contributed by atoms with Gasteiger partial charge in [-0.2, -0.15) is 5.10 Å². The molecule has 2 aliphatic carbocycles. The molecule has 0 bridgehead atoms. The summed E-state index contributed by atoms with van der Waals surface area (Å²) in [4.78, 5) is 11.7. The van der Waals surface area contributed by atoms with Crippen LogP contribution in [0, 0.1) is 0 Å². The predicted octanol–water partition coefficient (Wildman–Crippen LogP) is 9.66. The van der Waals surface area contributed by atoms with Crippen molar-refractivity contribution in [3.05, 3.63) is 97.8 Å². The molecule has 7 rings (SSSR count). The molecule has 0 radical (unpaired) electrons. The summed E-state index contributed by atoms with van der Waals surface area (Å²) in [7, 11) is 0. The third-order valence-corrected chi connectivity index (χ3v) is 9.32. The highest BCUT2D eigenvalue weighted by Gasteiger charge is 2.41. The Bertz CT molecular complexity index is 1870. The average molecular weight is 637 g/mol. The smallest absolute Gasteiger partial charge is 0.357 e. The number of rotatable bonds is 9. The van der Waals surface area contributed by atoms with Crippen LogP contribution in [0.1, 0.15) is 89.8 Å². The number of nitrogens with zero attached hydrogens (tertiary/aromatic N) is 3. The highest BCUT2D eigenvalue weighted by Crippen LogP contribution is 2.57. The molecule has 5 aromatic rings. The molecular weight excluding hydrogens is 609 g/mol. The second kappa shape index (κ2) is 10.9. The SMILES string of the molecule is CC(C)n1nc(C(=O)O)c2ccc([C@H]3C[C@@H]3c3ccc(OCc4c(-c5c(Cl)cccc5Cl)noc4C4CC4)cc3Cl)cc21. The number of benzene rings is 3. The molecule has 0 amide bonds. The van der Waals surface area contributed by atoms with Crippen molar-refractivity contribution in [3.8, 4) is 17.0 Å². The van der Waals surface area contributed by atoms with E-state index in [-0.39, 0.29) is 24.3 Å². The van der Waals surface area contributed by atoms with Crippen LogP contribution in [0.3, 0.4) is 0 Å². The van der Waals surface area contributed by atoms with Crippen molar-refractivity contribution in [2.75, 3.05) is 0 Å². The second-order valence-corrected chi connectivity index (χ2v) is 12.9. The second-order valence-electron chi connectivity index (χ2n) is 11.6. The molecule has 2 atom stereocenters. The summed E-state index contributed by atoms with van der Waals surface area (Å²) in [5.41, 5.74) is 5.23. The van der Waals surface area contributed by atoms with Gasteiger partial charge in [-0.05, 0) is 86.4 Å². The Morgan fingerprint density at radius 3 is 2.49 bits per heavy atom. The molecule has 220 valence electrons. The zero-order chi connectivity index (χ0) is 30.0. The van der Waals surface area contributed by atoms with Crippen LogP contribution in [-0.4, -0.2) is 26.0 Å². The van der Waals surface area contributed by atoms with E-state index in [4.69, 9.17) is 44.1 Å². The van der Waals surface area contributed by atoms with Crippen molar-refractivity contribution < 1.29 is 19.2 Å². The fraction of sp³-hybridized carbons (Fsp3) is 0.303. The summed E-state index contributed by atoms with van der Waals surface area (Å²) in [5, 5.41) is 20.6. The van der Waals surface area contributed by atoms with Gasteiger partial charge in [-0.25, -0.2) is 4.79 Å². The number of aromatic nitrogens is 3. The number of ether oxygens (including phenoxy) is 1. The van der Waals surface area contributed by atoms with Gasteiger partial charge in [0.2, 0.25) is 0 Å². The molecule has 2 aliphatic rings. The Kier molecular flexibility index (Phi) is 7.15. The molecule has 43 heavy (non-hydrogen) atoms. The number of hydrogen-bond donors (Lipinski definition) is 1. The fourth-order valence-electron chi connectivity index (χ4n) is 5.95. The van der Waals surface area contributed by atoms with Gasteiger partial charge in [0.1, 0.15) is 23.8 Å². The first kappa shape index (κ1) is 28.3. The third-order valence-electron chi connectivity index (χ3n) is 8.36. The first-order valence-electron chi connectivity index (χ1n) is 14.3. The van der Waals surface area contributed by atoms with Gasteiger partial charge in [0.05, 0.1) is 21.1 Å². The lowest BCUT2D eigenvalue weighted by Crippen LogP contribution is -2.05. The molecule has 0 saturated heterocycles. The van der Waals surface area contributed by atoms with E-state index >= 15 is 0 Å². The molecule has 2 heterocycles. The molecule has 2 fully saturated rings.